The topological polar surface area (TPSA) is 70.2 Å². The first-order valence-corrected chi connectivity index (χ1v) is 11.4. The third kappa shape index (κ3) is 5.64. The van der Waals surface area contributed by atoms with Crippen molar-refractivity contribution >= 4 is 29.3 Å². The van der Waals surface area contributed by atoms with Gasteiger partial charge in [0.2, 0.25) is 5.95 Å². The molecule has 1 amide bonds. The number of aromatic nitrogens is 2. The second-order valence-corrected chi connectivity index (χ2v) is 8.57. The Morgan fingerprint density at radius 2 is 1.94 bits per heavy atom. The second-order valence-electron chi connectivity index (χ2n) is 8.13. The Hall–Kier alpha value is -2.96. The quantitative estimate of drug-likeness (QED) is 0.534. The average Bonchev–Trinajstić information content (AvgIpc) is 2.83. The summed E-state index contributed by atoms with van der Waals surface area (Å²) in [6.07, 6.45) is 3.75. The number of halogens is 1. The number of amides is 1. The predicted molar refractivity (Wildman–Crippen MR) is 129 cm³/mol. The molecule has 1 aromatic heterocycles. The smallest absolute Gasteiger partial charge is 0.259 e. The highest BCUT2D eigenvalue weighted by Crippen LogP contribution is 2.24. The average molecular weight is 450 g/mol. The van der Waals surface area contributed by atoms with Crippen molar-refractivity contribution in [1.29, 1.82) is 0 Å². The van der Waals surface area contributed by atoms with Crippen molar-refractivity contribution in [2.24, 2.45) is 5.92 Å². The van der Waals surface area contributed by atoms with Crippen LogP contribution in [0.5, 0.6) is 0 Å². The Labute approximate surface area is 194 Å². The van der Waals surface area contributed by atoms with Crippen molar-refractivity contribution in [2.45, 2.75) is 25.8 Å². The van der Waals surface area contributed by atoms with Crippen molar-refractivity contribution in [3.8, 4) is 0 Å². The molecule has 1 aliphatic heterocycles. The van der Waals surface area contributed by atoms with Gasteiger partial charge in [-0.05, 0) is 68.6 Å². The molecule has 7 heteroatoms. The first-order chi connectivity index (χ1) is 15.6. The highest BCUT2D eigenvalue weighted by molar-refractivity contribution is 6.31. The summed E-state index contributed by atoms with van der Waals surface area (Å²) in [5, 5.41) is 7.28. The van der Waals surface area contributed by atoms with Gasteiger partial charge in [-0.1, -0.05) is 48.0 Å². The molecule has 1 aliphatic rings. The zero-order valence-corrected chi connectivity index (χ0v) is 18.9. The number of piperidine rings is 1. The summed E-state index contributed by atoms with van der Waals surface area (Å²) in [6.45, 7) is 4.61. The van der Waals surface area contributed by atoms with Crippen LogP contribution in [0.4, 0.5) is 11.8 Å². The molecule has 0 bridgehead atoms. The number of rotatable bonds is 7. The van der Waals surface area contributed by atoms with Gasteiger partial charge in [0.25, 0.3) is 5.91 Å². The van der Waals surface area contributed by atoms with Crippen molar-refractivity contribution in [3.05, 3.63) is 83.0 Å². The van der Waals surface area contributed by atoms with Crippen LogP contribution in [0.15, 0.2) is 66.9 Å². The van der Waals surface area contributed by atoms with Gasteiger partial charge in [-0.25, -0.2) is 4.98 Å². The zero-order chi connectivity index (χ0) is 22.3. The molecule has 1 fully saturated rings. The molecule has 2 N–H and O–H groups in total. The maximum atomic E-state index is 13.5. The molecular formula is C25H28ClN5O. The number of nitrogens with one attached hydrogen (secondary N) is 2. The Morgan fingerprint density at radius 1 is 1.16 bits per heavy atom. The molecule has 166 valence electrons. The van der Waals surface area contributed by atoms with Crippen LogP contribution in [0, 0.1) is 5.92 Å². The summed E-state index contributed by atoms with van der Waals surface area (Å²) in [5.41, 5.74) is 1.69. The fraction of sp³-hybridized carbons (Fsp3) is 0.320. The maximum absolute atomic E-state index is 13.5. The van der Waals surface area contributed by atoms with Crippen LogP contribution in [0.3, 0.4) is 0 Å². The summed E-state index contributed by atoms with van der Waals surface area (Å²) in [5.74, 6) is 1.39. The van der Waals surface area contributed by atoms with E-state index in [4.69, 9.17) is 16.6 Å². The maximum Gasteiger partial charge on any atom is 0.259 e. The van der Waals surface area contributed by atoms with Gasteiger partial charge in [0.05, 0.1) is 6.04 Å². The molecule has 0 spiro atoms. The fourth-order valence-electron chi connectivity index (χ4n) is 3.97. The van der Waals surface area contributed by atoms with Gasteiger partial charge >= 0.3 is 0 Å². The number of hydrogen-bond donors (Lipinski definition) is 2. The molecule has 0 aliphatic carbocycles. The number of benzene rings is 2. The lowest BCUT2D eigenvalue weighted by atomic mass is 9.97. The third-order valence-electron chi connectivity index (χ3n) is 5.78. The summed E-state index contributed by atoms with van der Waals surface area (Å²) in [6, 6.07) is 19.0. The molecule has 32 heavy (non-hydrogen) atoms. The van der Waals surface area contributed by atoms with Crippen LogP contribution >= 0.6 is 11.6 Å². The number of nitrogens with zero attached hydrogens (tertiary/aromatic N) is 3. The predicted octanol–water partition coefficient (Wildman–Crippen LogP) is 4.95. The number of hydrogen-bond acceptors (Lipinski definition) is 5. The van der Waals surface area contributed by atoms with Gasteiger partial charge in [0, 0.05) is 23.3 Å². The van der Waals surface area contributed by atoms with Crippen molar-refractivity contribution < 1.29 is 4.79 Å². The van der Waals surface area contributed by atoms with Gasteiger partial charge in [-0.15, -0.1) is 0 Å². The van der Waals surface area contributed by atoms with E-state index in [1.807, 2.05) is 18.2 Å². The molecule has 1 atom stereocenters. The minimum absolute atomic E-state index is 0.0351. The number of carbonyl (C=O) groups excluding carboxylic acids is 1. The van der Waals surface area contributed by atoms with Crippen LogP contribution in [0.2, 0.25) is 5.02 Å². The van der Waals surface area contributed by atoms with Gasteiger partial charge < -0.3 is 10.6 Å². The van der Waals surface area contributed by atoms with E-state index in [1.54, 1.807) is 41.4 Å². The van der Waals surface area contributed by atoms with E-state index in [0.717, 1.165) is 31.5 Å². The van der Waals surface area contributed by atoms with Crippen molar-refractivity contribution in [1.82, 2.24) is 15.3 Å². The Kier molecular flexibility index (Phi) is 7.35. The molecule has 2 aromatic carbocycles. The lowest BCUT2D eigenvalue weighted by Gasteiger charge is -2.30. The second kappa shape index (κ2) is 10.6. The highest BCUT2D eigenvalue weighted by atomic mass is 35.5. The van der Waals surface area contributed by atoms with Gasteiger partial charge in [0.1, 0.15) is 5.82 Å². The minimum atomic E-state index is -0.105. The van der Waals surface area contributed by atoms with E-state index in [2.05, 4.69) is 34.7 Å². The van der Waals surface area contributed by atoms with E-state index in [1.165, 1.54) is 0 Å². The summed E-state index contributed by atoms with van der Waals surface area (Å²) in [4.78, 5) is 24.4. The number of carbonyl (C=O) groups is 1. The van der Waals surface area contributed by atoms with Crippen LogP contribution in [-0.4, -0.2) is 35.5 Å². The molecule has 4 rings (SSSR count). The van der Waals surface area contributed by atoms with E-state index >= 15 is 0 Å². The van der Waals surface area contributed by atoms with Crippen LogP contribution in [0.25, 0.3) is 0 Å². The fourth-order valence-corrected chi connectivity index (χ4v) is 4.16. The standard InChI is InChI=1S/C25H28ClN5O/c1-18(20-6-3-2-4-7-20)29-25-28-15-12-23(30-25)31(17-19-10-13-27-14-11-19)24(32)21-8-5-9-22(26)16-21/h2-9,12,15-16,18-19,27H,10-11,13-14,17H2,1H3,(H,28,29,30)/t18-/m1/s1. The molecule has 0 saturated carbocycles. The van der Waals surface area contributed by atoms with Crippen molar-refractivity contribution in [2.75, 3.05) is 29.9 Å². The van der Waals surface area contributed by atoms with Crippen LogP contribution in [-0.2, 0) is 0 Å². The van der Waals surface area contributed by atoms with E-state index in [0.29, 0.717) is 34.8 Å². The molecule has 6 nitrogen and oxygen atoms in total. The Morgan fingerprint density at radius 3 is 2.69 bits per heavy atom. The molecule has 0 unspecified atom stereocenters. The lowest BCUT2D eigenvalue weighted by molar-refractivity contribution is 0.0980. The van der Waals surface area contributed by atoms with Crippen LogP contribution in [0.1, 0.15) is 41.7 Å². The first-order valence-electron chi connectivity index (χ1n) is 11.0. The molecule has 1 saturated heterocycles. The molecular weight excluding hydrogens is 422 g/mol. The summed E-state index contributed by atoms with van der Waals surface area (Å²) in [7, 11) is 0. The van der Waals surface area contributed by atoms with Crippen LogP contribution < -0.4 is 15.5 Å². The third-order valence-corrected chi connectivity index (χ3v) is 6.01. The normalized spacial score (nSPS) is 15.2. The molecule has 0 radical (unpaired) electrons. The van der Waals surface area contributed by atoms with Gasteiger partial charge in [0.15, 0.2) is 0 Å². The highest BCUT2D eigenvalue weighted by Gasteiger charge is 2.25. The van der Waals surface area contributed by atoms with E-state index in [9.17, 15) is 4.79 Å². The van der Waals surface area contributed by atoms with E-state index in [-0.39, 0.29) is 11.9 Å². The molecule has 2 heterocycles. The summed E-state index contributed by atoms with van der Waals surface area (Å²) < 4.78 is 0. The van der Waals surface area contributed by atoms with Gasteiger partial charge in [-0.3, -0.25) is 9.69 Å². The largest absolute Gasteiger partial charge is 0.348 e. The zero-order valence-electron chi connectivity index (χ0n) is 18.2. The monoisotopic (exact) mass is 449 g/mol. The molecule has 3 aromatic rings. The van der Waals surface area contributed by atoms with E-state index < -0.39 is 0 Å². The minimum Gasteiger partial charge on any atom is -0.348 e. The Balaban J connectivity index is 1.60. The number of anilines is 2. The van der Waals surface area contributed by atoms with Crippen molar-refractivity contribution in [3.63, 3.8) is 0 Å². The SMILES string of the molecule is C[C@@H](Nc1nccc(N(CC2CCNCC2)C(=O)c2cccc(Cl)c2)n1)c1ccccc1. The first kappa shape index (κ1) is 22.2. The Bertz CT molecular complexity index is 1040. The lowest BCUT2D eigenvalue weighted by Crippen LogP contribution is -2.40. The van der Waals surface area contributed by atoms with Gasteiger partial charge in [-0.2, -0.15) is 4.98 Å². The summed E-state index contributed by atoms with van der Waals surface area (Å²) >= 11 is 6.16.